The van der Waals surface area contributed by atoms with E-state index in [1.54, 1.807) is 14.2 Å². The van der Waals surface area contributed by atoms with Gasteiger partial charge in [0.2, 0.25) is 0 Å². The average Bonchev–Trinajstić information content (AvgIpc) is 3.31. The molecule has 238 valence electrons. The number of aliphatic carboxylic acids is 1. The van der Waals surface area contributed by atoms with E-state index < -0.39 is 35.6 Å². The molecule has 2 aromatic carbocycles. The highest BCUT2D eigenvalue weighted by Gasteiger charge is 2.54. The molecule has 2 amide bonds. The Hall–Kier alpha value is -3.68. The number of ether oxygens (including phenoxy) is 2. The third kappa shape index (κ3) is 7.64. The maximum absolute atomic E-state index is 13.5. The zero-order valence-corrected chi connectivity index (χ0v) is 24.4. The predicted molar refractivity (Wildman–Crippen MR) is 146 cm³/mol. The minimum atomic E-state index is -5.08. The van der Waals surface area contributed by atoms with Crippen molar-refractivity contribution in [3.8, 4) is 11.5 Å². The number of anilines is 1. The predicted octanol–water partition coefficient (Wildman–Crippen LogP) is 6.24. The van der Waals surface area contributed by atoms with Crippen molar-refractivity contribution in [2.45, 2.75) is 75.7 Å². The van der Waals surface area contributed by atoms with Gasteiger partial charge < -0.3 is 25.2 Å². The van der Waals surface area contributed by atoms with E-state index in [9.17, 15) is 31.1 Å². The Morgan fingerprint density at radius 1 is 0.977 bits per heavy atom. The number of rotatable bonds is 5. The van der Waals surface area contributed by atoms with Gasteiger partial charge in [-0.2, -0.15) is 13.2 Å². The Bertz CT molecular complexity index is 1310. The quantitative estimate of drug-likeness (QED) is 0.271. The van der Waals surface area contributed by atoms with Gasteiger partial charge in [0.1, 0.15) is 0 Å². The van der Waals surface area contributed by atoms with Gasteiger partial charge in [-0.15, -0.1) is 0 Å². The first kappa shape index (κ1) is 33.8. The molecule has 1 aliphatic carbocycles. The number of methoxy groups -OCH3 is 2. The van der Waals surface area contributed by atoms with E-state index in [2.05, 4.69) is 48.4 Å². The first-order valence-corrected chi connectivity index (χ1v) is 13.4. The number of alkyl halides is 3. The second-order valence-electron chi connectivity index (χ2n) is 11.5. The fourth-order valence-corrected chi connectivity index (χ4v) is 5.95. The van der Waals surface area contributed by atoms with E-state index in [1.807, 2.05) is 6.07 Å². The molecule has 14 heteroatoms. The summed E-state index contributed by atoms with van der Waals surface area (Å²) in [7, 11) is 3.25. The monoisotopic (exact) mass is 619 g/mol. The molecule has 0 bridgehead atoms. The Balaban J connectivity index is 0.000000646. The topological polar surface area (TPSA) is 100 Å². The number of urea groups is 1. The molecule has 4 rings (SSSR count). The standard InChI is InChI=1S/C27H34F3N3O3.C2HF3O2/c1-26(2,3)33-11-10-27(16-6-7-21(35-4)22(12-16)36-5)9-8-17(15-23(27)33)31-25(34)32-18-13-19(28)24(30)20(29)14-18;3-2(4,5)1(6)7/h6-7,12-14,17,23H,8-11,15H2,1-5H3,(H2,31,32,34);(H,6,7). The summed E-state index contributed by atoms with van der Waals surface area (Å²) in [6, 6.07) is 7.09. The van der Waals surface area contributed by atoms with Gasteiger partial charge >= 0.3 is 18.2 Å². The maximum atomic E-state index is 13.5. The summed E-state index contributed by atoms with van der Waals surface area (Å²) >= 11 is 0. The normalized spacial score (nSPS) is 22.1. The number of carboxylic acid groups (broad SMARTS) is 1. The minimum Gasteiger partial charge on any atom is -0.493 e. The highest BCUT2D eigenvalue weighted by molar-refractivity contribution is 5.89. The van der Waals surface area contributed by atoms with E-state index in [-0.39, 0.29) is 28.7 Å². The number of nitrogens with one attached hydrogen (secondary N) is 2. The number of fused-ring (bicyclic) bond motifs is 1. The number of amides is 2. The molecule has 8 nitrogen and oxygen atoms in total. The summed E-state index contributed by atoms with van der Waals surface area (Å²) in [6.45, 7) is 7.51. The van der Waals surface area contributed by atoms with Crippen molar-refractivity contribution in [2.75, 3.05) is 26.1 Å². The number of nitrogens with zero attached hydrogens (tertiary/aromatic N) is 1. The van der Waals surface area contributed by atoms with Crippen molar-refractivity contribution in [1.82, 2.24) is 10.2 Å². The first-order chi connectivity index (χ1) is 19.9. The van der Waals surface area contributed by atoms with E-state index in [4.69, 9.17) is 19.4 Å². The van der Waals surface area contributed by atoms with Gasteiger partial charge in [0, 0.05) is 40.9 Å². The second-order valence-corrected chi connectivity index (χ2v) is 11.5. The molecule has 2 aromatic rings. The molecule has 3 atom stereocenters. The van der Waals surface area contributed by atoms with Crippen LogP contribution in [0.1, 0.15) is 52.0 Å². The number of likely N-dealkylation sites (tertiary alicyclic amines) is 1. The van der Waals surface area contributed by atoms with Crippen LogP contribution in [0.4, 0.5) is 36.8 Å². The molecule has 0 aromatic heterocycles. The molecule has 0 spiro atoms. The molecule has 2 fully saturated rings. The van der Waals surface area contributed by atoms with Crippen LogP contribution in [0.3, 0.4) is 0 Å². The maximum Gasteiger partial charge on any atom is 0.490 e. The van der Waals surface area contributed by atoms with E-state index in [0.717, 1.165) is 37.9 Å². The van der Waals surface area contributed by atoms with Crippen LogP contribution in [0, 0.1) is 17.5 Å². The molecule has 3 N–H and O–H groups in total. The molecular formula is C29H35F6N3O5. The van der Waals surface area contributed by atoms with Gasteiger partial charge in [-0.25, -0.2) is 22.8 Å². The molecule has 0 radical (unpaired) electrons. The molecule has 1 heterocycles. The minimum absolute atomic E-state index is 0.0731. The summed E-state index contributed by atoms with van der Waals surface area (Å²) in [4.78, 5) is 24.1. The van der Waals surface area contributed by atoms with Gasteiger partial charge in [-0.3, -0.25) is 4.90 Å². The number of halogens is 6. The summed E-state index contributed by atoms with van der Waals surface area (Å²) < 4.78 is 83.1. The molecule has 3 unspecified atom stereocenters. The van der Waals surface area contributed by atoms with Crippen LogP contribution in [0.15, 0.2) is 30.3 Å². The SMILES string of the molecule is COc1ccc(C23CCC(NC(=O)Nc4cc(F)c(F)c(F)c4)CC2N(C(C)(C)C)CC3)cc1OC.O=C(O)C(F)(F)F. The number of hydrogen-bond donors (Lipinski definition) is 3. The molecule has 1 saturated carbocycles. The summed E-state index contributed by atoms with van der Waals surface area (Å²) in [5.41, 5.74) is 0.870. The summed E-state index contributed by atoms with van der Waals surface area (Å²) in [5, 5.41) is 12.5. The number of carbonyl (C=O) groups excluding carboxylic acids is 1. The summed E-state index contributed by atoms with van der Waals surface area (Å²) in [6.07, 6.45) is -1.80. The number of benzene rings is 2. The van der Waals surface area contributed by atoms with Crippen molar-refractivity contribution in [2.24, 2.45) is 0 Å². The molecular weight excluding hydrogens is 584 g/mol. The van der Waals surface area contributed by atoms with Gasteiger partial charge in [0.15, 0.2) is 29.0 Å². The van der Waals surface area contributed by atoms with Crippen LogP contribution in [-0.4, -0.2) is 66.6 Å². The molecule has 2 aliphatic rings. The smallest absolute Gasteiger partial charge is 0.490 e. The second kappa shape index (κ2) is 12.9. The Kier molecular flexibility index (Phi) is 10.1. The van der Waals surface area contributed by atoms with E-state index in [0.29, 0.717) is 17.9 Å². The number of hydrogen-bond acceptors (Lipinski definition) is 5. The van der Waals surface area contributed by atoms with Gasteiger partial charge in [0.25, 0.3) is 0 Å². The van der Waals surface area contributed by atoms with Crippen molar-refractivity contribution < 1.29 is 50.5 Å². The highest BCUT2D eigenvalue weighted by atomic mass is 19.4. The van der Waals surface area contributed by atoms with Crippen molar-refractivity contribution in [3.63, 3.8) is 0 Å². The lowest BCUT2D eigenvalue weighted by Crippen LogP contribution is -2.56. The fraction of sp³-hybridized carbons (Fsp3) is 0.517. The Morgan fingerprint density at radius 3 is 2.07 bits per heavy atom. The first-order valence-electron chi connectivity index (χ1n) is 13.4. The molecule has 43 heavy (non-hydrogen) atoms. The van der Waals surface area contributed by atoms with Crippen LogP contribution in [0.2, 0.25) is 0 Å². The van der Waals surface area contributed by atoms with Gasteiger partial charge in [-0.1, -0.05) is 6.07 Å². The van der Waals surface area contributed by atoms with Crippen LogP contribution in [-0.2, 0) is 10.2 Å². The molecule has 1 aliphatic heterocycles. The third-order valence-corrected chi connectivity index (χ3v) is 7.90. The third-order valence-electron chi connectivity index (χ3n) is 7.90. The lowest BCUT2D eigenvalue weighted by atomic mass is 9.64. The van der Waals surface area contributed by atoms with Gasteiger partial charge in [0.05, 0.1) is 14.2 Å². The average molecular weight is 620 g/mol. The van der Waals surface area contributed by atoms with Crippen LogP contribution < -0.4 is 20.1 Å². The fourth-order valence-electron chi connectivity index (χ4n) is 5.95. The highest BCUT2D eigenvalue weighted by Crippen LogP contribution is 2.52. The lowest BCUT2D eigenvalue weighted by molar-refractivity contribution is -0.192. The lowest BCUT2D eigenvalue weighted by Gasteiger charge is -2.48. The number of carboxylic acids is 1. The molecule has 1 saturated heterocycles. The van der Waals surface area contributed by atoms with Crippen LogP contribution in [0.5, 0.6) is 11.5 Å². The largest absolute Gasteiger partial charge is 0.493 e. The Morgan fingerprint density at radius 2 is 1.56 bits per heavy atom. The van der Waals surface area contributed by atoms with Crippen LogP contribution >= 0.6 is 0 Å². The van der Waals surface area contributed by atoms with E-state index in [1.165, 1.54) is 5.56 Å². The van der Waals surface area contributed by atoms with Crippen molar-refractivity contribution in [1.29, 1.82) is 0 Å². The van der Waals surface area contributed by atoms with Gasteiger partial charge in [-0.05, 0) is 70.7 Å². The zero-order valence-electron chi connectivity index (χ0n) is 24.4. The number of carbonyl (C=O) groups is 2. The van der Waals surface area contributed by atoms with E-state index >= 15 is 0 Å². The van der Waals surface area contributed by atoms with Crippen LogP contribution in [0.25, 0.3) is 0 Å². The summed E-state index contributed by atoms with van der Waals surface area (Å²) in [5.74, 6) is -5.66. The Labute approximate surface area is 245 Å². The zero-order chi connectivity index (χ0) is 32.3. The van der Waals surface area contributed by atoms with Crippen molar-refractivity contribution >= 4 is 17.7 Å². The van der Waals surface area contributed by atoms with Crippen molar-refractivity contribution in [3.05, 3.63) is 53.3 Å².